The maximum absolute atomic E-state index is 11.9. The van der Waals surface area contributed by atoms with E-state index in [1.807, 2.05) is 24.3 Å². The Morgan fingerprint density at radius 1 is 0.741 bits per heavy atom. The highest BCUT2D eigenvalue weighted by Crippen LogP contribution is 2.23. The van der Waals surface area contributed by atoms with Gasteiger partial charge in [0.2, 0.25) is 0 Å². The molecule has 3 rings (SSSR count). The zero-order valence-electron chi connectivity index (χ0n) is 15.3. The molecule has 0 N–H and O–H groups in total. The van der Waals surface area contributed by atoms with E-state index in [1.165, 1.54) is 12.5 Å². The molecule has 0 heterocycles. The Morgan fingerprint density at radius 2 is 1.26 bits per heavy atom. The molecule has 0 bridgehead atoms. The van der Waals surface area contributed by atoms with Crippen molar-refractivity contribution in [1.29, 1.82) is 0 Å². The summed E-state index contributed by atoms with van der Waals surface area (Å²) < 4.78 is 10.7. The van der Waals surface area contributed by atoms with Crippen LogP contribution in [0.4, 0.5) is 0 Å². The van der Waals surface area contributed by atoms with Crippen LogP contribution >= 0.6 is 0 Å². The third-order valence-electron chi connectivity index (χ3n) is 4.09. The summed E-state index contributed by atoms with van der Waals surface area (Å²) >= 11 is 0. The SMILES string of the molecule is CC(=O)c1ccc(OC(=O)COc2ccc(-c3ccc(C)cc3)cc2)cc1. The first-order chi connectivity index (χ1) is 13.0. The summed E-state index contributed by atoms with van der Waals surface area (Å²) in [4.78, 5) is 23.2. The lowest BCUT2D eigenvalue weighted by Crippen LogP contribution is -2.17. The number of hydrogen-bond acceptors (Lipinski definition) is 4. The molecule has 0 aliphatic rings. The van der Waals surface area contributed by atoms with Crippen LogP contribution in [0, 0.1) is 6.92 Å². The number of ether oxygens (including phenoxy) is 2. The Hall–Kier alpha value is -3.40. The number of aryl methyl sites for hydroxylation is 1. The van der Waals surface area contributed by atoms with Gasteiger partial charge in [-0.3, -0.25) is 4.79 Å². The molecule has 3 aromatic rings. The molecule has 27 heavy (non-hydrogen) atoms. The summed E-state index contributed by atoms with van der Waals surface area (Å²) in [5.41, 5.74) is 3.99. The summed E-state index contributed by atoms with van der Waals surface area (Å²) in [5.74, 6) is 0.427. The average molecular weight is 360 g/mol. The molecule has 4 nitrogen and oxygen atoms in total. The first-order valence-electron chi connectivity index (χ1n) is 8.63. The van der Waals surface area contributed by atoms with Crippen molar-refractivity contribution >= 4 is 11.8 Å². The highest BCUT2D eigenvalue weighted by molar-refractivity contribution is 5.94. The average Bonchev–Trinajstić information content (AvgIpc) is 2.68. The van der Waals surface area contributed by atoms with Crippen molar-refractivity contribution in [2.24, 2.45) is 0 Å². The fourth-order valence-electron chi connectivity index (χ4n) is 2.55. The first kappa shape index (κ1) is 18.4. The minimum Gasteiger partial charge on any atom is -0.482 e. The Kier molecular flexibility index (Phi) is 5.67. The van der Waals surface area contributed by atoms with Gasteiger partial charge in [-0.1, -0.05) is 42.0 Å². The number of esters is 1. The zero-order valence-corrected chi connectivity index (χ0v) is 15.3. The van der Waals surface area contributed by atoms with E-state index >= 15 is 0 Å². The standard InChI is InChI=1S/C23H20O4/c1-16-3-5-19(6-4-16)20-9-11-21(12-10-20)26-15-23(25)27-22-13-7-18(8-14-22)17(2)24/h3-14H,15H2,1-2H3. The Labute approximate surface area is 158 Å². The summed E-state index contributed by atoms with van der Waals surface area (Å²) in [5, 5.41) is 0. The van der Waals surface area contributed by atoms with Gasteiger partial charge in [-0.15, -0.1) is 0 Å². The maximum atomic E-state index is 11.9. The third-order valence-corrected chi connectivity index (χ3v) is 4.09. The molecule has 4 heteroatoms. The molecule has 0 aliphatic heterocycles. The molecular weight excluding hydrogens is 340 g/mol. The van der Waals surface area contributed by atoms with Crippen molar-refractivity contribution in [3.63, 3.8) is 0 Å². The fraction of sp³-hybridized carbons (Fsp3) is 0.130. The molecule has 0 fully saturated rings. The van der Waals surface area contributed by atoms with Crippen molar-refractivity contribution < 1.29 is 19.1 Å². The normalized spacial score (nSPS) is 10.3. The van der Waals surface area contributed by atoms with Gasteiger partial charge >= 0.3 is 5.97 Å². The molecule has 136 valence electrons. The molecule has 0 amide bonds. The van der Waals surface area contributed by atoms with E-state index in [0.29, 0.717) is 17.1 Å². The van der Waals surface area contributed by atoms with Gasteiger partial charge in [0, 0.05) is 5.56 Å². The first-order valence-corrected chi connectivity index (χ1v) is 8.63. The van der Waals surface area contributed by atoms with Crippen LogP contribution in [-0.4, -0.2) is 18.4 Å². The molecule has 3 aromatic carbocycles. The zero-order chi connectivity index (χ0) is 19.2. The third kappa shape index (κ3) is 5.05. The van der Waals surface area contributed by atoms with Crippen molar-refractivity contribution in [3.05, 3.63) is 83.9 Å². The summed E-state index contributed by atoms with van der Waals surface area (Å²) in [6, 6.07) is 22.2. The number of ketones is 1. The Morgan fingerprint density at radius 3 is 1.81 bits per heavy atom. The maximum Gasteiger partial charge on any atom is 0.349 e. The molecule has 0 saturated heterocycles. The quantitative estimate of drug-likeness (QED) is 0.358. The smallest absolute Gasteiger partial charge is 0.349 e. The van der Waals surface area contributed by atoms with Gasteiger partial charge < -0.3 is 9.47 Å². The molecule has 0 atom stereocenters. The Bertz CT molecular complexity index is 924. The van der Waals surface area contributed by atoms with Crippen molar-refractivity contribution in [2.45, 2.75) is 13.8 Å². The fourth-order valence-corrected chi connectivity index (χ4v) is 2.55. The summed E-state index contributed by atoms with van der Waals surface area (Å²) in [6.07, 6.45) is 0. The van der Waals surface area contributed by atoms with E-state index in [-0.39, 0.29) is 12.4 Å². The van der Waals surface area contributed by atoms with E-state index in [0.717, 1.165) is 11.1 Å². The second-order valence-electron chi connectivity index (χ2n) is 6.23. The van der Waals surface area contributed by atoms with E-state index in [4.69, 9.17) is 9.47 Å². The van der Waals surface area contributed by atoms with E-state index in [1.54, 1.807) is 24.3 Å². The lowest BCUT2D eigenvalue weighted by atomic mass is 10.0. The lowest BCUT2D eigenvalue weighted by Gasteiger charge is -2.08. The predicted molar refractivity (Wildman–Crippen MR) is 104 cm³/mol. The largest absolute Gasteiger partial charge is 0.482 e. The topological polar surface area (TPSA) is 52.6 Å². The van der Waals surface area contributed by atoms with Crippen LogP contribution in [0.15, 0.2) is 72.8 Å². The van der Waals surface area contributed by atoms with Crippen LogP contribution in [0.2, 0.25) is 0 Å². The number of Topliss-reactive ketones (excluding diaryl/α,β-unsaturated/α-hetero) is 1. The van der Waals surface area contributed by atoms with Crippen LogP contribution < -0.4 is 9.47 Å². The van der Waals surface area contributed by atoms with Crippen molar-refractivity contribution in [2.75, 3.05) is 6.61 Å². The van der Waals surface area contributed by atoms with Gasteiger partial charge in [0.15, 0.2) is 12.4 Å². The second kappa shape index (κ2) is 8.32. The molecular formula is C23H20O4. The molecule has 0 saturated carbocycles. The highest BCUT2D eigenvalue weighted by Gasteiger charge is 2.07. The van der Waals surface area contributed by atoms with E-state index in [9.17, 15) is 9.59 Å². The van der Waals surface area contributed by atoms with Crippen LogP contribution in [0.1, 0.15) is 22.8 Å². The molecule has 0 unspecified atom stereocenters. The van der Waals surface area contributed by atoms with Gasteiger partial charge in [-0.25, -0.2) is 4.79 Å². The van der Waals surface area contributed by atoms with Crippen LogP contribution in [0.25, 0.3) is 11.1 Å². The van der Waals surface area contributed by atoms with Crippen LogP contribution in [0.3, 0.4) is 0 Å². The molecule has 0 aliphatic carbocycles. The number of rotatable bonds is 6. The second-order valence-corrected chi connectivity index (χ2v) is 6.23. The predicted octanol–water partition coefficient (Wildman–Crippen LogP) is 4.85. The number of carbonyl (C=O) groups excluding carboxylic acids is 2. The minimum atomic E-state index is -0.506. The Balaban J connectivity index is 1.54. The minimum absolute atomic E-state index is 0.0368. The van der Waals surface area contributed by atoms with Gasteiger partial charge in [0.1, 0.15) is 11.5 Å². The van der Waals surface area contributed by atoms with Gasteiger partial charge in [0.25, 0.3) is 0 Å². The monoisotopic (exact) mass is 360 g/mol. The molecule has 0 radical (unpaired) electrons. The van der Waals surface area contributed by atoms with Gasteiger partial charge in [0.05, 0.1) is 0 Å². The lowest BCUT2D eigenvalue weighted by molar-refractivity contribution is -0.136. The van der Waals surface area contributed by atoms with E-state index < -0.39 is 5.97 Å². The van der Waals surface area contributed by atoms with Gasteiger partial charge in [-0.2, -0.15) is 0 Å². The highest BCUT2D eigenvalue weighted by atomic mass is 16.6. The van der Waals surface area contributed by atoms with Crippen LogP contribution in [-0.2, 0) is 4.79 Å². The number of hydrogen-bond donors (Lipinski definition) is 0. The number of carbonyl (C=O) groups is 2. The van der Waals surface area contributed by atoms with Gasteiger partial charge in [-0.05, 0) is 61.4 Å². The van der Waals surface area contributed by atoms with Crippen LogP contribution in [0.5, 0.6) is 11.5 Å². The van der Waals surface area contributed by atoms with Crippen molar-refractivity contribution in [1.82, 2.24) is 0 Å². The number of benzene rings is 3. The molecule has 0 aromatic heterocycles. The van der Waals surface area contributed by atoms with Crippen molar-refractivity contribution in [3.8, 4) is 22.6 Å². The molecule has 0 spiro atoms. The van der Waals surface area contributed by atoms with E-state index in [2.05, 4.69) is 31.2 Å². The summed E-state index contributed by atoms with van der Waals surface area (Å²) in [6.45, 7) is 3.34. The summed E-state index contributed by atoms with van der Waals surface area (Å²) in [7, 11) is 0.